The summed E-state index contributed by atoms with van der Waals surface area (Å²) < 4.78 is 10.3. The Labute approximate surface area is 97.0 Å². The molecule has 0 radical (unpaired) electrons. The van der Waals surface area contributed by atoms with Gasteiger partial charge in [0.05, 0.1) is 11.2 Å². The standard InChI is InChI=1S/C10H9ClN2O3/c1-6(14)13-12-4-7-2-9-10(3-8(7)11)16-5-15-9/h2-4H,5H2,1H3,(H,13,14)/b12-4-. The van der Waals surface area contributed by atoms with E-state index in [-0.39, 0.29) is 12.7 Å². The lowest BCUT2D eigenvalue weighted by atomic mass is 10.2. The molecule has 1 heterocycles. The molecule has 0 aliphatic carbocycles. The number of amides is 1. The van der Waals surface area contributed by atoms with E-state index >= 15 is 0 Å². The first kappa shape index (κ1) is 10.8. The van der Waals surface area contributed by atoms with Gasteiger partial charge in [0.25, 0.3) is 0 Å². The van der Waals surface area contributed by atoms with Gasteiger partial charge in [-0.2, -0.15) is 5.10 Å². The van der Waals surface area contributed by atoms with Gasteiger partial charge in [0, 0.05) is 18.6 Å². The van der Waals surface area contributed by atoms with Crippen molar-refractivity contribution in [3.63, 3.8) is 0 Å². The lowest BCUT2D eigenvalue weighted by Gasteiger charge is -2.00. The van der Waals surface area contributed by atoms with Crippen molar-refractivity contribution in [3.05, 3.63) is 22.7 Å². The average Bonchev–Trinajstić information content (AvgIpc) is 2.64. The summed E-state index contributed by atoms with van der Waals surface area (Å²) in [7, 11) is 0. The van der Waals surface area contributed by atoms with Crippen molar-refractivity contribution in [1.29, 1.82) is 0 Å². The fourth-order valence-corrected chi connectivity index (χ4v) is 1.43. The highest BCUT2D eigenvalue weighted by Gasteiger charge is 2.15. The van der Waals surface area contributed by atoms with Gasteiger partial charge in [-0.3, -0.25) is 4.79 Å². The number of nitrogens with one attached hydrogen (secondary N) is 1. The molecule has 0 spiro atoms. The summed E-state index contributed by atoms with van der Waals surface area (Å²) in [5, 5.41) is 4.21. The predicted octanol–water partition coefficient (Wildman–Crippen LogP) is 1.54. The Morgan fingerprint density at radius 2 is 2.19 bits per heavy atom. The molecule has 84 valence electrons. The average molecular weight is 241 g/mol. The van der Waals surface area contributed by atoms with E-state index in [1.54, 1.807) is 12.1 Å². The maximum absolute atomic E-state index is 10.6. The van der Waals surface area contributed by atoms with Crippen LogP contribution in [0.15, 0.2) is 17.2 Å². The third-order valence-corrected chi connectivity index (χ3v) is 2.24. The maximum Gasteiger partial charge on any atom is 0.236 e. The highest BCUT2D eigenvalue weighted by Crippen LogP contribution is 2.36. The van der Waals surface area contributed by atoms with Crippen LogP contribution >= 0.6 is 11.6 Å². The van der Waals surface area contributed by atoms with Gasteiger partial charge in [-0.25, -0.2) is 5.43 Å². The molecule has 1 aliphatic rings. The third kappa shape index (κ3) is 2.25. The van der Waals surface area contributed by atoms with Crippen LogP contribution < -0.4 is 14.9 Å². The van der Waals surface area contributed by atoms with Crippen LogP contribution in [-0.2, 0) is 4.79 Å². The highest BCUT2D eigenvalue weighted by atomic mass is 35.5. The number of halogens is 1. The second-order valence-electron chi connectivity index (χ2n) is 3.15. The zero-order valence-electron chi connectivity index (χ0n) is 8.49. The molecular weight excluding hydrogens is 232 g/mol. The van der Waals surface area contributed by atoms with E-state index in [1.807, 2.05) is 0 Å². The normalized spacial score (nSPS) is 13.1. The SMILES string of the molecule is CC(=O)N/N=C\c1cc2c(cc1Cl)OCO2. The van der Waals surface area contributed by atoms with Crippen molar-refractivity contribution in [1.82, 2.24) is 5.43 Å². The molecule has 2 rings (SSSR count). The zero-order valence-corrected chi connectivity index (χ0v) is 9.25. The summed E-state index contributed by atoms with van der Waals surface area (Å²) in [6, 6.07) is 3.36. The molecule has 5 nitrogen and oxygen atoms in total. The number of carbonyl (C=O) groups excluding carboxylic acids is 1. The molecule has 0 atom stereocenters. The zero-order chi connectivity index (χ0) is 11.5. The fraction of sp³-hybridized carbons (Fsp3) is 0.200. The number of hydrogen-bond donors (Lipinski definition) is 1. The predicted molar refractivity (Wildman–Crippen MR) is 59.0 cm³/mol. The minimum absolute atomic E-state index is 0.192. The van der Waals surface area contributed by atoms with Crippen LogP contribution in [0.2, 0.25) is 5.02 Å². The number of nitrogens with zero attached hydrogens (tertiary/aromatic N) is 1. The highest BCUT2D eigenvalue weighted by molar-refractivity contribution is 6.33. The van der Waals surface area contributed by atoms with E-state index in [4.69, 9.17) is 21.1 Å². The van der Waals surface area contributed by atoms with Gasteiger partial charge in [0.15, 0.2) is 11.5 Å². The van der Waals surface area contributed by atoms with Crippen LogP contribution in [0.4, 0.5) is 0 Å². The molecule has 0 unspecified atom stereocenters. The van der Waals surface area contributed by atoms with Crippen molar-refractivity contribution >= 4 is 23.7 Å². The summed E-state index contributed by atoms with van der Waals surface area (Å²) in [5.74, 6) is 0.989. The minimum Gasteiger partial charge on any atom is -0.454 e. The van der Waals surface area contributed by atoms with Gasteiger partial charge in [-0.05, 0) is 6.07 Å². The molecule has 0 saturated carbocycles. The number of hydrogen-bond acceptors (Lipinski definition) is 4. The largest absolute Gasteiger partial charge is 0.454 e. The Kier molecular flexibility index (Phi) is 2.96. The number of fused-ring (bicyclic) bond motifs is 1. The first-order chi connectivity index (χ1) is 7.66. The molecule has 1 aromatic rings. The molecule has 0 bridgehead atoms. The fourth-order valence-electron chi connectivity index (χ4n) is 1.22. The van der Waals surface area contributed by atoms with Crippen molar-refractivity contribution < 1.29 is 14.3 Å². The van der Waals surface area contributed by atoms with Crippen LogP contribution in [0, 0.1) is 0 Å². The molecule has 1 aliphatic heterocycles. The van der Waals surface area contributed by atoms with Crippen molar-refractivity contribution in [3.8, 4) is 11.5 Å². The monoisotopic (exact) mass is 240 g/mol. The van der Waals surface area contributed by atoms with Gasteiger partial charge < -0.3 is 9.47 Å². The van der Waals surface area contributed by atoms with E-state index in [2.05, 4.69) is 10.5 Å². The topological polar surface area (TPSA) is 59.9 Å². The van der Waals surface area contributed by atoms with Crippen molar-refractivity contribution in [2.45, 2.75) is 6.92 Å². The summed E-state index contributed by atoms with van der Waals surface area (Å²) >= 11 is 5.98. The number of hydrazone groups is 1. The lowest BCUT2D eigenvalue weighted by Crippen LogP contribution is -2.12. The van der Waals surface area contributed by atoms with Gasteiger partial charge in [-0.15, -0.1) is 0 Å². The first-order valence-electron chi connectivity index (χ1n) is 4.55. The summed E-state index contributed by atoms with van der Waals surface area (Å²) in [4.78, 5) is 10.6. The van der Waals surface area contributed by atoms with Crippen molar-refractivity contribution in [2.75, 3.05) is 6.79 Å². The summed E-state index contributed by atoms with van der Waals surface area (Å²) in [5.41, 5.74) is 2.94. The lowest BCUT2D eigenvalue weighted by molar-refractivity contribution is -0.118. The molecule has 0 fully saturated rings. The Balaban J connectivity index is 2.21. The maximum atomic E-state index is 10.6. The van der Waals surface area contributed by atoms with Gasteiger partial charge in [0.1, 0.15) is 0 Å². The molecule has 1 N–H and O–H groups in total. The van der Waals surface area contributed by atoms with E-state index < -0.39 is 0 Å². The summed E-state index contributed by atoms with van der Waals surface area (Å²) in [6.07, 6.45) is 1.45. The molecule has 16 heavy (non-hydrogen) atoms. The van der Waals surface area contributed by atoms with Crippen molar-refractivity contribution in [2.24, 2.45) is 5.10 Å². The van der Waals surface area contributed by atoms with Crippen LogP contribution in [0.3, 0.4) is 0 Å². The van der Waals surface area contributed by atoms with Gasteiger partial charge in [-0.1, -0.05) is 11.6 Å². The number of carbonyl (C=O) groups is 1. The van der Waals surface area contributed by atoms with Crippen LogP contribution in [0.1, 0.15) is 12.5 Å². The second-order valence-corrected chi connectivity index (χ2v) is 3.56. The Morgan fingerprint density at radius 3 is 2.88 bits per heavy atom. The number of rotatable bonds is 2. The molecule has 1 amide bonds. The van der Waals surface area contributed by atoms with Crippen LogP contribution in [-0.4, -0.2) is 18.9 Å². The number of ether oxygens (including phenoxy) is 2. The molecular formula is C10H9ClN2O3. The van der Waals surface area contributed by atoms with E-state index in [9.17, 15) is 4.79 Å². The second kappa shape index (κ2) is 4.40. The Hall–Kier alpha value is -1.75. The Morgan fingerprint density at radius 1 is 1.50 bits per heavy atom. The first-order valence-corrected chi connectivity index (χ1v) is 4.93. The molecule has 1 aromatic carbocycles. The smallest absolute Gasteiger partial charge is 0.236 e. The van der Waals surface area contributed by atoms with E-state index in [1.165, 1.54) is 13.1 Å². The summed E-state index contributed by atoms with van der Waals surface area (Å²) in [6.45, 7) is 1.57. The van der Waals surface area contributed by atoms with E-state index in [0.717, 1.165) is 0 Å². The Bertz CT molecular complexity index is 460. The van der Waals surface area contributed by atoms with E-state index in [0.29, 0.717) is 22.1 Å². The molecule has 0 aromatic heterocycles. The quantitative estimate of drug-likeness (QED) is 0.630. The van der Waals surface area contributed by atoms with Crippen LogP contribution in [0.5, 0.6) is 11.5 Å². The minimum atomic E-state index is -0.242. The number of benzene rings is 1. The van der Waals surface area contributed by atoms with Crippen LogP contribution in [0.25, 0.3) is 0 Å². The third-order valence-electron chi connectivity index (χ3n) is 1.92. The van der Waals surface area contributed by atoms with Gasteiger partial charge >= 0.3 is 0 Å². The molecule has 6 heteroatoms. The van der Waals surface area contributed by atoms with Gasteiger partial charge in [0.2, 0.25) is 12.7 Å². The molecule has 0 saturated heterocycles.